The summed E-state index contributed by atoms with van der Waals surface area (Å²) >= 11 is 0. The molecule has 0 bridgehead atoms. The van der Waals surface area contributed by atoms with Crippen molar-refractivity contribution in [1.82, 2.24) is 0 Å². The Morgan fingerprint density at radius 1 is 1.42 bits per heavy atom. The van der Waals surface area contributed by atoms with Gasteiger partial charge in [0.15, 0.2) is 0 Å². The summed E-state index contributed by atoms with van der Waals surface area (Å²) in [6, 6.07) is -0.833. The molecule has 0 fully saturated rings. The zero-order valence-electron chi connectivity index (χ0n) is 5.97. The average Bonchev–Trinajstić information content (AvgIpc) is 1.80. The second kappa shape index (κ2) is 6.25. The minimum absolute atomic E-state index is 0.767. The van der Waals surface area contributed by atoms with Gasteiger partial charge in [0, 0.05) is 0 Å². The molecule has 0 heterocycles. The van der Waals surface area contributed by atoms with E-state index >= 15 is 0 Å². The van der Waals surface area contributed by atoms with Crippen molar-refractivity contribution in [1.29, 1.82) is 0 Å². The standard InChI is InChI=1S/C3H5NO4.CH4N2O/c5-2-4-1-3(6,7)8;2-1(3)4/h6-8H,1H2;(H4,2,3,4). The van der Waals surface area contributed by atoms with Crippen LogP contribution in [0.5, 0.6) is 0 Å². The molecule has 0 saturated heterocycles. The van der Waals surface area contributed by atoms with Crippen LogP contribution in [0, 0.1) is 0 Å². The second-order valence-corrected chi connectivity index (χ2v) is 1.58. The molecule has 0 rings (SSSR count). The van der Waals surface area contributed by atoms with Gasteiger partial charge in [0.1, 0.15) is 6.54 Å². The number of aliphatic imine (C=N–C) groups is 1. The normalized spacial score (nSPS) is 8.92. The van der Waals surface area contributed by atoms with Crippen LogP contribution in [0.3, 0.4) is 0 Å². The predicted octanol–water partition coefficient (Wildman–Crippen LogP) is -3.02. The van der Waals surface area contributed by atoms with Gasteiger partial charge < -0.3 is 26.8 Å². The van der Waals surface area contributed by atoms with E-state index in [0.29, 0.717) is 0 Å². The Hall–Kier alpha value is -1.47. The molecule has 0 aliphatic carbocycles. The monoisotopic (exact) mass is 179 g/mol. The van der Waals surface area contributed by atoms with Crippen LogP contribution in [0.15, 0.2) is 4.99 Å². The van der Waals surface area contributed by atoms with E-state index in [1.165, 1.54) is 0 Å². The van der Waals surface area contributed by atoms with Crippen LogP contribution in [0.2, 0.25) is 0 Å². The summed E-state index contributed by atoms with van der Waals surface area (Å²) in [6.07, 6.45) is 1.02. The summed E-state index contributed by atoms with van der Waals surface area (Å²) in [5.74, 6) is -2.88. The van der Waals surface area contributed by atoms with Gasteiger partial charge in [-0.3, -0.25) is 0 Å². The van der Waals surface area contributed by atoms with Gasteiger partial charge in [0.25, 0.3) is 5.97 Å². The third kappa shape index (κ3) is 38.8. The average molecular weight is 179 g/mol. The number of hydrogen-bond acceptors (Lipinski definition) is 6. The fraction of sp³-hybridized carbons (Fsp3) is 0.500. The van der Waals surface area contributed by atoms with Crippen molar-refractivity contribution in [3.8, 4) is 0 Å². The molecule has 7 N–H and O–H groups in total. The number of rotatable bonds is 2. The lowest BCUT2D eigenvalue weighted by molar-refractivity contribution is -0.302. The van der Waals surface area contributed by atoms with Crippen LogP contribution >= 0.6 is 0 Å². The van der Waals surface area contributed by atoms with Gasteiger partial charge in [-0.1, -0.05) is 0 Å². The van der Waals surface area contributed by atoms with Gasteiger partial charge in [-0.25, -0.2) is 9.59 Å². The minimum Gasteiger partial charge on any atom is -0.352 e. The van der Waals surface area contributed by atoms with Crippen molar-refractivity contribution in [2.45, 2.75) is 5.97 Å². The van der Waals surface area contributed by atoms with Crippen LogP contribution < -0.4 is 11.5 Å². The van der Waals surface area contributed by atoms with Crippen molar-refractivity contribution in [3.05, 3.63) is 0 Å². The molecule has 0 aliphatic heterocycles. The highest BCUT2D eigenvalue weighted by Gasteiger charge is 2.15. The van der Waals surface area contributed by atoms with E-state index in [1.54, 1.807) is 0 Å². The Kier molecular flexibility index (Phi) is 6.85. The molecule has 0 spiro atoms. The Morgan fingerprint density at radius 2 is 1.75 bits per heavy atom. The van der Waals surface area contributed by atoms with Crippen molar-refractivity contribution in [2.24, 2.45) is 16.5 Å². The number of aliphatic hydroxyl groups is 3. The molecule has 0 aromatic heterocycles. The van der Waals surface area contributed by atoms with E-state index in [-0.39, 0.29) is 0 Å². The van der Waals surface area contributed by atoms with Crippen LogP contribution in [0.4, 0.5) is 4.79 Å². The quantitative estimate of drug-likeness (QED) is 0.173. The summed E-state index contributed by atoms with van der Waals surface area (Å²) in [5, 5.41) is 24.0. The van der Waals surface area contributed by atoms with Crippen LogP contribution in [-0.2, 0) is 4.79 Å². The van der Waals surface area contributed by atoms with Crippen molar-refractivity contribution >= 4 is 12.1 Å². The number of carbonyl (C=O) groups excluding carboxylic acids is 2. The van der Waals surface area contributed by atoms with Crippen molar-refractivity contribution in [3.63, 3.8) is 0 Å². The molecule has 0 aromatic rings. The number of primary amides is 2. The molecule has 12 heavy (non-hydrogen) atoms. The maximum atomic E-state index is 9.23. The SMILES string of the molecule is NC(N)=O.O=C=NCC(O)(O)O. The largest absolute Gasteiger partial charge is 0.352 e. The number of nitrogens with two attached hydrogens (primary N) is 2. The fourth-order valence-corrected chi connectivity index (χ4v) is 0.138. The Bertz CT molecular complexity index is 176. The van der Waals surface area contributed by atoms with Gasteiger partial charge in [-0.15, -0.1) is 0 Å². The van der Waals surface area contributed by atoms with Gasteiger partial charge in [-0.05, 0) is 0 Å². The highest BCUT2D eigenvalue weighted by atomic mass is 16.7. The zero-order chi connectivity index (χ0) is 10.2. The maximum absolute atomic E-state index is 9.23. The van der Waals surface area contributed by atoms with Gasteiger partial charge in [-0.2, -0.15) is 4.99 Å². The number of carbonyl (C=O) groups is 1. The summed E-state index contributed by atoms with van der Waals surface area (Å²) in [7, 11) is 0. The third-order valence-corrected chi connectivity index (χ3v) is 0.356. The van der Waals surface area contributed by atoms with E-state index in [2.05, 4.69) is 16.5 Å². The molecule has 8 heteroatoms. The number of isocyanates is 1. The molecule has 0 aromatic carbocycles. The fourth-order valence-electron chi connectivity index (χ4n) is 0.138. The Morgan fingerprint density at radius 3 is 1.83 bits per heavy atom. The highest BCUT2D eigenvalue weighted by molar-refractivity contribution is 5.69. The lowest BCUT2D eigenvalue weighted by Crippen LogP contribution is -2.30. The maximum Gasteiger partial charge on any atom is 0.309 e. The van der Waals surface area contributed by atoms with E-state index in [1.807, 2.05) is 0 Å². The summed E-state index contributed by atoms with van der Waals surface area (Å²) in [6.45, 7) is -0.767. The molecule has 2 amide bonds. The minimum atomic E-state index is -2.88. The molecule has 0 saturated carbocycles. The van der Waals surface area contributed by atoms with E-state index in [9.17, 15) is 4.79 Å². The molecule has 70 valence electrons. The summed E-state index contributed by atoms with van der Waals surface area (Å²) < 4.78 is 0. The number of amides is 2. The van der Waals surface area contributed by atoms with Crippen molar-refractivity contribution < 1.29 is 24.9 Å². The van der Waals surface area contributed by atoms with Crippen LogP contribution in [0.1, 0.15) is 0 Å². The molecule has 0 aliphatic rings. The topological polar surface area (TPSA) is 159 Å². The van der Waals surface area contributed by atoms with Gasteiger partial charge >= 0.3 is 6.03 Å². The van der Waals surface area contributed by atoms with Gasteiger partial charge in [0.2, 0.25) is 6.08 Å². The lowest BCUT2D eigenvalue weighted by Gasteiger charge is -2.07. The molecule has 8 nitrogen and oxygen atoms in total. The molecule has 0 atom stereocenters. The van der Waals surface area contributed by atoms with Crippen LogP contribution in [0.25, 0.3) is 0 Å². The molecular formula is C4H9N3O5. The van der Waals surface area contributed by atoms with Gasteiger partial charge in [0.05, 0.1) is 0 Å². The number of nitrogens with zero attached hydrogens (tertiary/aromatic N) is 1. The van der Waals surface area contributed by atoms with Crippen LogP contribution in [-0.4, -0.2) is 39.9 Å². The second-order valence-electron chi connectivity index (χ2n) is 1.58. The van der Waals surface area contributed by atoms with Crippen molar-refractivity contribution in [2.75, 3.05) is 6.54 Å². The first kappa shape index (κ1) is 13.1. The lowest BCUT2D eigenvalue weighted by atomic mass is 10.6. The summed E-state index contributed by atoms with van der Waals surface area (Å²) in [4.78, 5) is 20.9. The highest BCUT2D eigenvalue weighted by Crippen LogP contribution is 1.89. The third-order valence-electron chi connectivity index (χ3n) is 0.356. The first-order chi connectivity index (χ1) is 5.29. The zero-order valence-corrected chi connectivity index (χ0v) is 5.97. The molecule has 0 radical (unpaired) electrons. The van der Waals surface area contributed by atoms with E-state index in [0.717, 1.165) is 6.08 Å². The smallest absolute Gasteiger partial charge is 0.309 e. The summed E-state index contributed by atoms with van der Waals surface area (Å²) in [5.41, 5.74) is 8.50. The first-order valence-electron chi connectivity index (χ1n) is 2.55. The Labute approximate surface area is 67.1 Å². The van der Waals surface area contributed by atoms with E-state index < -0.39 is 18.5 Å². The van der Waals surface area contributed by atoms with E-state index in [4.69, 9.17) is 20.1 Å². The number of urea groups is 1. The predicted molar refractivity (Wildman–Crippen MR) is 36.1 cm³/mol. The first-order valence-corrected chi connectivity index (χ1v) is 2.55. The molecule has 0 unspecified atom stereocenters. The molecular weight excluding hydrogens is 170 g/mol. The Balaban J connectivity index is 0. The number of hydrogen-bond donors (Lipinski definition) is 5.